The number of benzene rings is 7. The summed E-state index contributed by atoms with van der Waals surface area (Å²) in [5, 5.41) is 3.40. The highest BCUT2D eigenvalue weighted by molar-refractivity contribution is 7.27. The Morgan fingerprint density at radius 1 is 0.321 bits per heavy atom. The Balaban J connectivity index is 1.14. The second-order valence-electron chi connectivity index (χ2n) is 13.6. The summed E-state index contributed by atoms with van der Waals surface area (Å²) in [6, 6.07) is 60.8. The largest absolute Gasteiger partial charge is 0.226 e. The van der Waals surface area contributed by atoms with Crippen molar-refractivity contribution in [2.75, 3.05) is 0 Å². The van der Waals surface area contributed by atoms with Crippen LogP contribution in [0.5, 0.6) is 0 Å². The fraction of sp³-hybridized carbons (Fsp3) is 0. The minimum absolute atomic E-state index is 0.642. The molecule has 0 amide bonds. The minimum atomic E-state index is 0.642. The summed E-state index contributed by atoms with van der Waals surface area (Å²) in [6.07, 6.45) is 0. The van der Waals surface area contributed by atoms with E-state index in [4.69, 9.17) is 24.9 Å². The first-order valence-electron chi connectivity index (χ1n) is 18.4. The molecule has 11 rings (SSSR count). The molecule has 0 radical (unpaired) electrons. The van der Waals surface area contributed by atoms with E-state index in [1.54, 1.807) is 22.7 Å². The molecule has 0 aliphatic rings. The highest BCUT2D eigenvalue weighted by Gasteiger charge is 2.22. The maximum absolute atomic E-state index is 5.44. The molecule has 0 N–H and O–H groups in total. The third-order valence-electron chi connectivity index (χ3n) is 10.2. The predicted octanol–water partition coefficient (Wildman–Crippen LogP) is 13.4. The standard InChI is InChI=1S/C49H29N5S2/c1-4-15-30(16-5-1)33-21-12-22-34(29-33)48-50-42-35-23-10-11-27-39(35)55-45(42)43(51-48)38-26-13-24-36-41-37(25-14-28-40(41)56-44(36)38)49-53-46(31-17-6-2-7-18-31)52-47(54-49)32-19-8-3-9-20-32/h1-29H. The van der Waals surface area contributed by atoms with Gasteiger partial charge in [0.1, 0.15) is 0 Å². The molecule has 0 aliphatic carbocycles. The lowest BCUT2D eigenvalue weighted by atomic mass is 10.0. The third-order valence-corrected chi connectivity index (χ3v) is 12.5. The molecule has 0 saturated heterocycles. The van der Waals surface area contributed by atoms with Crippen LogP contribution in [0.3, 0.4) is 0 Å². The van der Waals surface area contributed by atoms with E-state index in [0.29, 0.717) is 23.3 Å². The van der Waals surface area contributed by atoms with Crippen molar-refractivity contribution in [3.8, 4) is 67.9 Å². The number of aromatic nitrogens is 5. The first kappa shape index (κ1) is 32.5. The van der Waals surface area contributed by atoms with Gasteiger partial charge in [-0.05, 0) is 29.3 Å². The Labute approximate surface area is 330 Å². The summed E-state index contributed by atoms with van der Waals surface area (Å²) < 4.78 is 4.59. The number of fused-ring (bicyclic) bond motifs is 6. The van der Waals surface area contributed by atoms with Crippen molar-refractivity contribution in [3.05, 3.63) is 176 Å². The SMILES string of the molecule is c1ccc(-c2cccc(-c3nc(-c4cccc5c4sc4cccc(-c6nc(-c7ccccc7)nc(-c7ccccc7)n6)c45)c4sc5ccccc5c4n3)c2)cc1. The van der Waals surface area contributed by atoms with Crippen molar-refractivity contribution in [3.63, 3.8) is 0 Å². The molecule has 0 bridgehead atoms. The van der Waals surface area contributed by atoms with E-state index in [0.717, 1.165) is 80.4 Å². The fourth-order valence-electron chi connectivity index (χ4n) is 7.52. The Kier molecular flexibility index (Phi) is 7.79. The molecule has 5 nitrogen and oxygen atoms in total. The van der Waals surface area contributed by atoms with Crippen LogP contribution in [0.15, 0.2) is 176 Å². The first-order valence-corrected chi connectivity index (χ1v) is 20.1. The van der Waals surface area contributed by atoms with Crippen LogP contribution in [0.4, 0.5) is 0 Å². The lowest BCUT2D eigenvalue weighted by molar-refractivity contribution is 1.08. The van der Waals surface area contributed by atoms with Gasteiger partial charge in [-0.25, -0.2) is 24.9 Å². The van der Waals surface area contributed by atoms with E-state index in [9.17, 15) is 0 Å². The highest BCUT2D eigenvalue weighted by atomic mass is 32.1. The van der Waals surface area contributed by atoms with Gasteiger partial charge in [0.2, 0.25) is 0 Å². The Morgan fingerprint density at radius 3 is 1.59 bits per heavy atom. The molecule has 4 heterocycles. The van der Waals surface area contributed by atoms with Crippen LogP contribution in [-0.4, -0.2) is 24.9 Å². The maximum atomic E-state index is 5.44. The van der Waals surface area contributed by atoms with E-state index in [1.807, 2.05) is 66.7 Å². The summed E-state index contributed by atoms with van der Waals surface area (Å²) >= 11 is 3.54. The van der Waals surface area contributed by atoms with E-state index in [-0.39, 0.29) is 0 Å². The number of rotatable bonds is 6. The molecule has 262 valence electrons. The molecule has 0 atom stereocenters. The molecule has 0 spiro atoms. The van der Waals surface area contributed by atoms with Gasteiger partial charge >= 0.3 is 0 Å². The predicted molar refractivity (Wildman–Crippen MR) is 234 cm³/mol. The van der Waals surface area contributed by atoms with E-state index in [1.165, 1.54) is 4.70 Å². The van der Waals surface area contributed by atoms with Gasteiger partial charge in [-0.15, -0.1) is 22.7 Å². The topological polar surface area (TPSA) is 64.5 Å². The molecule has 0 fully saturated rings. The molecule has 4 aromatic heterocycles. The van der Waals surface area contributed by atoms with Crippen LogP contribution in [-0.2, 0) is 0 Å². The quantitative estimate of drug-likeness (QED) is 0.169. The second kappa shape index (κ2) is 13.4. The molecular weight excluding hydrogens is 723 g/mol. The molecule has 7 heteroatoms. The zero-order chi connectivity index (χ0) is 37.0. The normalized spacial score (nSPS) is 11.6. The Hall–Kier alpha value is -6.93. The number of hydrogen-bond acceptors (Lipinski definition) is 7. The van der Waals surface area contributed by atoms with Crippen molar-refractivity contribution in [1.82, 2.24) is 24.9 Å². The van der Waals surface area contributed by atoms with Crippen LogP contribution >= 0.6 is 22.7 Å². The average Bonchev–Trinajstić information content (AvgIpc) is 3.86. The monoisotopic (exact) mass is 751 g/mol. The Bertz CT molecular complexity index is 3190. The lowest BCUT2D eigenvalue weighted by Gasteiger charge is -2.10. The van der Waals surface area contributed by atoms with Crippen molar-refractivity contribution in [1.29, 1.82) is 0 Å². The van der Waals surface area contributed by atoms with Crippen LogP contribution in [0.25, 0.3) is 108 Å². The van der Waals surface area contributed by atoms with Crippen LogP contribution in [0.2, 0.25) is 0 Å². The third kappa shape index (κ3) is 5.56. The van der Waals surface area contributed by atoms with Gasteiger partial charge in [0.15, 0.2) is 23.3 Å². The fourth-order valence-corrected chi connectivity index (χ4v) is 9.91. The van der Waals surface area contributed by atoms with Crippen LogP contribution in [0, 0.1) is 0 Å². The Morgan fingerprint density at radius 2 is 0.839 bits per heavy atom. The highest BCUT2D eigenvalue weighted by Crippen LogP contribution is 2.46. The summed E-state index contributed by atoms with van der Waals surface area (Å²) in [4.78, 5) is 25.9. The van der Waals surface area contributed by atoms with Crippen molar-refractivity contribution >= 4 is 63.1 Å². The summed E-state index contributed by atoms with van der Waals surface area (Å²) in [7, 11) is 0. The van der Waals surface area contributed by atoms with Gasteiger partial charge in [-0.2, -0.15) is 0 Å². The summed E-state index contributed by atoms with van der Waals surface area (Å²) in [5.41, 5.74) is 9.12. The average molecular weight is 752 g/mol. The maximum Gasteiger partial charge on any atom is 0.164 e. The zero-order valence-electron chi connectivity index (χ0n) is 29.8. The van der Waals surface area contributed by atoms with E-state index >= 15 is 0 Å². The number of hydrogen-bond donors (Lipinski definition) is 0. The van der Waals surface area contributed by atoms with Crippen molar-refractivity contribution < 1.29 is 0 Å². The smallest absolute Gasteiger partial charge is 0.164 e. The van der Waals surface area contributed by atoms with Gasteiger partial charge in [0, 0.05) is 58.1 Å². The number of thiophene rings is 2. The molecule has 0 aliphatic heterocycles. The molecule has 7 aromatic carbocycles. The van der Waals surface area contributed by atoms with Crippen LogP contribution in [0.1, 0.15) is 0 Å². The molecule has 0 unspecified atom stereocenters. The number of nitrogens with zero attached hydrogens (tertiary/aromatic N) is 5. The lowest BCUT2D eigenvalue weighted by Crippen LogP contribution is -2.00. The van der Waals surface area contributed by atoms with Gasteiger partial charge in [-0.1, -0.05) is 158 Å². The zero-order valence-corrected chi connectivity index (χ0v) is 31.4. The molecule has 0 saturated carbocycles. The van der Waals surface area contributed by atoms with Gasteiger partial charge < -0.3 is 0 Å². The van der Waals surface area contributed by atoms with Crippen molar-refractivity contribution in [2.24, 2.45) is 0 Å². The molecular formula is C49H29N5S2. The van der Waals surface area contributed by atoms with Gasteiger partial charge in [0.25, 0.3) is 0 Å². The molecule has 56 heavy (non-hydrogen) atoms. The van der Waals surface area contributed by atoms with Crippen LogP contribution < -0.4 is 0 Å². The van der Waals surface area contributed by atoms with E-state index in [2.05, 4.69) is 109 Å². The molecule has 11 aromatic rings. The van der Waals surface area contributed by atoms with Crippen molar-refractivity contribution in [2.45, 2.75) is 0 Å². The summed E-state index contributed by atoms with van der Waals surface area (Å²) in [5.74, 6) is 2.63. The second-order valence-corrected chi connectivity index (χ2v) is 15.7. The summed E-state index contributed by atoms with van der Waals surface area (Å²) in [6.45, 7) is 0. The minimum Gasteiger partial charge on any atom is -0.226 e. The first-order chi connectivity index (χ1) is 27.7. The van der Waals surface area contributed by atoms with E-state index < -0.39 is 0 Å². The van der Waals surface area contributed by atoms with Gasteiger partial charge in [-0.3, -0.25) is 0 Å². The van der Waals surface area contributed by atoms with Gasteiger partial charge in [0.05, 0.1) is 15.9 Å².